The van der Waals surface area contributed by atoms with Gasteiger partial charge in [-0.25, -0.2) is 4.98 Å². The monoisotopic (exact) mass is 542 g/mol. The van der Waals surface area contributed by atoms with Crippen molar-refractivity contribution >= 4 is 23.3 Å². The third-order valence-corrected chi connectivity index (χ3v) is 5.09. The Labute approximate surface area is 254 Å². The first-order chi connectivity index (χ1) is 16.4. The van der Waals surface area contributed by atoms with Gasteiger partial charge in [0.15, 0.2) is 0 Å². The summed E-state index contributed by atoms with van der Waals surface area (Å²) in [7, 11) is 0. The van der Waals surface area contributed by atoms with E-state index in [0.29, 0.717) is 16.9 Å². The molecule has 0 amide bonds. The first-order valence-electron chi connectivity index (χ1n) is 10.4. The van der Waals surface area contributed by atoms with Gasteiger partial charge in [-0.05, 0) is 61.9 Å². The van der Waals surface area contributed by atoms with Crippen LogP contribution in [0.3, 0.4) is 0 Å². The normalized spacial score (nSPS) is 11.9. The zero-order valence-electron chi connectivity index (χ0n) is 19.9. The molecule has 0 bridgehead atoms. The number of halogens is 4. The molecule has 1 aromatic heterocycles. The summed E-state index contributed by atoms with van der Waals surface area (Å²) in [5.74, 6) is 11.2. The standard InChI is InChI=1S/C24H23ClF3N6O.K/c1-23(2,35)12-11-19-21(31-13-15-3-7-17(8-4-15)20(29)33-30)34(22(25)32-19)14-16-5-9-18(10-6-16)24(26,27)28;/h3-10,35H,13-14,30H2,1-2H3,(H2,29,33);/q-1;+1. The summed E-state index contributed by atoms with van der Waals surface area (Å²) < 4.78 is 40.3. The van der Waals surface area contributed by atoms with Gasteiger partial charge in [0.2, 0.25) is 0 Å². The van der Waals surface area contributed by atoms with Crippen molar-refractivity contribution < 1.29 is 69.7 Å². The summed E-state index contributed by atoms with van der Waals surface area (Å²) in [6, 6.07) is 11.8. The summed E-state index contributed by atoms with van der Waals surface area (Å²) in [5.41, 5.74) is 5.97. The van der Waals surface area contributed by atoms with Crippen LogP contribution in [0.25, 0.3) is 5.32 Å². The average Bonchev–Trinajstić information content (AvgIpc) is 3.09. The number of hydrogen-bond acceptors (Lipinski definition) is 4. The molecule has 3 rings (SSSR count). The molecular formula is C24H23ClF3KN6O. The smallest absolute Gasteiger partial charge is 0.458 e. The van der Waals surface area contributed by atoms with Gasteiger partial charge in [-0.2, -0.15) is 18.3 Å². The van der Waals surface area contributed by atoms with Gasteiger partial charge in [0.05, 0.1) is 5.56 Å². The zero-order chi connectivity index (χ0) is 25.8. The molecule has 36 heavy (non-hydrogen) atoms. The molecule has 0 aliphatic rings. The quantitative estimate of drug-likeness (QED) is 0.109. The van der Waals surface area contributed by atoms with Gasteiger partial charge in [-0.3, -0.25) is 0 Å². The van der Waals surface area contributed by atoms with Gasteiger partial charge in [0.1, 0.15) is 22.4 Å². The first kappa shape index (κ1) is 30.2. The maximum absolute atomic E-state index is 12.9. The van der Waals surface area contributed by atoms with Crippen molar-refractivity contribution in [3.63, 3.8) is 0 Å². The SMILES string of the molecule is CC(C)(O)C#Cc1nc(Cl)n(Cc2ccc(C(F)(F)F)cc2)c1[N-]Cc1ccc(/C(N)=N/N)cc1.[K+]. The number of imidazole rings is 1. The minimum absolute atomic E-state index is 0. The number of alkyl halides is 3. The van der Waals surface area contributed by atoms with Crippen LogP contribution >= 0.6 is 11.6 Å². The van der Waals surface area contributed by atoms with Gasteiger partial charge in [0.25, 0.3) is 0 Å². The maximum Gasteiger partial charge on any atom is 1.00 e. The van der Waals surface area contributed by atoms with Gasteiger partial charge in [-0.1, -0.05) is 53.9 Å². The van der Waals surface area contributed by atoms with Crippen LogP contribution in [-0.2, 0) is 19.3 Å². The first-order valence-corrected chi connectivity index (χ1v) is 10.7. The summed E-state index contributed by atoms with van der Waals surface area (Å²) in [6.07, 6.45) is -4.43. The number of benzene rings is 2. The second-order valence-electron chi connectivity index (χ2n) is 8.17. The molecular weight excluding hydrogens is 520 g/mol. The van der Waals surface area contributed by atoms with Crippen LogP contribution in [0, 0.1) is 11.8 Å². The predicted octanol–water partition coefficient (Wildman–Crippen LogP) is 1.51. The van der Waals surface area contributed by atoms with E-state index in [1.54, 1.807) is 28.8 Å². The van der Waals surface area contributed by atoms with Crippen LogP contribution in [0.5, 0.6) is 0 Å². The molecule has 3 aromatic rings. The van der Waals surface area contributed by atoms with Crippen LogP contribution in [-0.4, -0.2) is 26.1 Å². The third kappa shape index (κ3) is 8.24. The van der Waals surface area contributed by atoms with Crippen molar-refractivity contribution in [1.29, 1.82) is 0 Å². The third-order valence-electron chi connectivity index (χ3n) is 4.80. The van der Waals surface area contributed by atoms with Crippen molar-refractivity contribution in [3.05, 3.63) is 87.1 Å². The molecule has 2 aromatic carbocycles. The number of hydrogen-bond donors (Lipinski definition) is 3. The van der Waals surface area contributed by atoms with Gasteiger partial charge in [-0.15, -0.1) is 0 Å². The Morgan fingerprint density at radius 2 is 1.69 bits per heavy atom. The van der Waals surface area contributed by atoms with Crippen LogP contribution in [0.15, 0.2) is 53.6 Å². The van der Waals surface area contributed by atoms with Crippen molar-refractivity contribution in [2.75, 3.05) is 0 Å². The fourth-order valence-corrected chi connectivity index (χ4v) is 3.24. The van der Waals surface area contributed by atoms with E-state index in [2.05, 4.69) is 27.2 Å². The van der Waals surface area contributed by atoms with E-state index in [0.717, 1.165) is 17.7 Å². The van der Waals surface area contributed by atoms with E-state index in [9.17, 15) is 18.3 Å². The van der Waals surface area contributed by atoms with Crippen LogP contribution in [0.1, 0.15) is 41.8 Å². The molecule has 5 N–H and O–H groups in total. The Hall–Kier alpha value is -2.04. The number of nitrogens with zero attached hydrogens (tertiary/aromatic N) is 4. The van der Waals surface area contributed by atoms with E-state index in [-0.39, 0.29) is 81.3 Å². The molecule has 0 fully saturated rings. The molecule has 184 valence electrons. The minimum Gasteiger partial charge on any atom is -0.458 e. The molecule has 0 aliphatic carbocycles. The van der Waals surface area contributed by atoms with E-state index in [1.807, 2.05) is 0 Å². The molecule has 1 heterocycles. The van der Waals surface area contributed by atoms with E-state index in [1.165, 1.54) is 26.0 Å². The molecule has 7 nitrogen and oxygen atoms in total. The Balaban J connectivity index is 0.00000456. The Morgan fingerprint density at radius 3 is 2.22 bits per heavy atom. The van der Waals surface area contributed by atoms with Crippen molar-refractivity contribution in [3.8, 4) is 11.8 Å². The number of rotatable bonds is 6. The fraction of sp³-hybridized carbons (Fsp3) is 0.250. The summed E-state index contributed by atoms with van der Waals surface area (Å²) >= 11 is 6.35. The van der Waals surface area contributed by atoms with Crippen molar-refractivity contribution in [1.82, 2.24) is 9.55 Å². The molecule has 0 spiro atoms. The van der Waals surface area contributed by atoms with Gasteiger partial charge in [0, 0.05) is 5.56 Å². The second-order valence-corrected chi connectivity index (χ2v) is 8.51. The molecule has 0 unspecified atom stereocenters. The second kappa shape index (κ2) is 12.5. The number of aliphatic hydroxyl groups is 1. The predicted molar refractivity (Wildman–Crippen MR) is 129 cm³/mol. The molecule has 0 radical (unpaired) electrons. The van der Waals surface area contributed by atoms with E-state index in [4.69, 9.17) is 23.2 Å². The van der Waals surface area contributed by atoms with Crippen molar-refractivity contribution in [2.24, 2.45) is 16.7 Å². The Bertz CT molecular complexity index is 1270. The average molecular weight is 543 g/mol. The summed E-state index contributed by atoms with van der Waals surface area (Å²) in [4.78, 5) is 4.25. The largest absolute Gasteiger partial charge is 1.00 e. The van der Waals surface area contributed by atoms with Crippen LogP contribution in [0.2, 0.25) is 5.28 Å². The minimum atomic E-state index is -4.43. The zero-order valence-corrected chi connectivity index (χ0v) is 23.8. The van der Waals surface area contributed by atoms with Gasteiger partial charge < -0.3 is 26.6 Å². The van der Waals surface area contributed by atoms with Crippen LogP contribution in [0.4, 0.5) is 19.0 Å². The van der Waals surface area contributed by atoms with Crippen molar-refractivity contribution in [2.45, 2.75) is 38.7 Å². The molecule has 0 aliphatic heterocycles. The fourth-order valence-electron chi connectivity index (χ4n) is 3.02. The molecule has 12 heteroatoms. The number of amidine groups is 1. The maximum atomic E-state index is 12.9. The Kier molecular flexibility index (Phi) is 10.5. The molecule has 0 saturated heterocycles. The van der Waals surface area contributed by atoms with E-state index >= 15 is 0 Å². The van der Waals surface area contributed by atoms with Crippen LogP contribution < -0.4 is 63.0 Å². The number of nitrogens with two attached hydrogens (primary N) is 2. The van der Waals surface area contributed by atoms with E-state index < -0.39 is 17.3 Å². The topological polar surface area (TPSA) is 117 Å². The summed E-state index contributed by atoms with van der Waals surface area (Å²) in [6.45, 7) is 3.40. The number of hydrazone groups is 1. The molecule has 0 saturated carbocycles. The van der Waals surface area contributed by atoms with Gasteiger partial charge >= 0.3 is 57.6 Å². The molecule has 0 atom stereocenters. The number of aromatic nitrogens is 2. The Morgan fingerprint density at radius 1 is 1.11 bits per heavy atom. The summed E-state index contributed by atoms with van der Waals surface area (Å²) in [5, 5.41) is 18.1.